The minimum atomic E-state index is -0.716. The second-order valence-electron chi connectivity index (χ2n) is 6.51. The molecule has 8 heteroatoms. The Morgan fingerprint density at radius 3 is 2.85 bits per heavy atom. The highest BCUT2D eigenvalue weighted by atomic mass is 32.2. The van der Waals surface area contributed by atoms with Gasteiger partial charge in [0.25, 0.3) is 11.8 Å². The number of aliphatic hydroxyl groups excluding tert-OH is 1. The van der Waals surface area contributed by atoms with E-state index < -0.39 is 6.10 Å². The Kier molecular flexibility index (Phi) is 6.18. The van der Waals surface area contributed by atoms with Crippen LogP contribution in [0, 0.1) is 6.92 Å². The zero-order valence-electron chi connectivity index (χ0n) is 15.5. The molecule has 1 unspecified atom stereocenters. The minimum Gasteiger partial charge on any atom is -0.389 e. The summed E-state index contributed by atoms with van der Waals surface area (Å²) >= 11 is 1.70. The Labute approximate surface area is 162 Å². The van der Waals surface area contributed by atoms with Crippen molar-refractivity contribution >= 4 is 23.6 Å². The lowest BCUT2D eigenvalue weighted by molar-refractivity contribution is 0.0766. The summed E-state index contributed by atoms with van der Waals surface area (Å²) < 4.78 is 1.41. The number of thioether (sulfide) groups is 1. The second-order valence-corrected chi connectivity index (χ2v) is 7.68. The number of rotatable bonds is 6. The number of carbonyl (C=O) groups is 2. The number of aryl methyl sites for hydroxylation is 1. The smallest absolute Gasteiger partial charge is 0.274 e. The first-order valence-corrected chi connectivity index (χ1v) is 9.99. The summed E-state index contributed by atoms with van der Waals surface area (Å²) in [6.45, 7) is 5.50. The average Bonchev–Trinajstić information content (AvgIpc) is 3.02. The third-order valence-corrected chi connectivity index (χ3v) is 5.43. The van der Waals surface area contributed by atoms with Crippen LogP contribution in [0.4, 0.5) is 0 Å². The first-order chi connectivity index (χ1) is 13.0. The third kappa shape index (κ3) is 4.70. The van der Waals surface area contributed by atoms with E-state index in [1.165, 1.54) is 21.2 Å². The fourth-order valence-corrected chi connectivity index (χ4v) is 3.76. The van der Waals surface area contributed by atoms with Crippen molar-refractivity contribution in [2.75, 3.05) is 25.4 Å². The SMILES string of the molecule is CCN(CCSc1ccc(C)cc1)C(=O)c1cc2n(n1)CC(O)CNC2=O. The van der Waals surface area contributed by atoms with Crippen molar-refractivity contribution in [3.63, 3.8) is 0 Å². The van der Waals surface area contributed by atoms with Gasteiger partial charge in [-0.3, -0.25) is 14.3 Å². The molecule has 7 nitrogen and oxygen atoms in total. The van der Waals surface area contributed by atoms with E-state index in [9.17, 15) is 14.7 Å². The van der Waals surface area contributed by atoms with Crippen LogP contribution in [0.2, 0.25) is 0 Å². The van der Waals surface area contributed by atoms with Crippen molar-refractivity contribution in [2.45, 2.75) is 31.4 Å². The summed E-state index contributed by atoms with van der Waals surface area (Å²) in [6.07, 6.45) is -0.716. The molecule has 3 rings (SSSR count). The van der Waals surface area contributed by atoms with Crippen molar-refractivity contribution in [2.24, 2.45) is 0 Å². The first-order valence-electron chi connectivity index (χ1n) is 9.00. The largest absolute Gasteiger partial charge is 0.389 e. The summed E-state index contributed by atoms with van der Waals surface area (Å²) in [5, 5.41) is 16.7. The zero-order chi connectivity index (χ0) is 19.4. The molecule has 0 fully saturated rings. The van der Waals surface area contributed by atoms with Crippen LogP contribution in [0.15, 0.2) is 35.2 Å². The number of carbonyl (C=O) groups excluding carboxylic acids is 2. The predicted octanol–water partition coefficient (Wildman–Crippen LogP) is 1.55. The minimum absolute atomic E-state index is 0.183. The van der Waals surface area contributed by atoms with E-state index in [1.807, 2.05) is 6.92 Å². The number of nitrogens with one attached hydrogen (secondary N) is 1. The van der Waals surface area contributed by atoms with Gasteiger partial charge in [-0.2, -0.15) is 5.10 Å². The van der Waals surface area contributed by atoms with Crippen molar-refractivity contribution in [1.29, 1.82) is 0 Å². The van der Waals surface area contributed by atoms with Crippen LogP contribution >= 0.6 is 11.8 Å². The highest BCUT2D eigenvalue weighted by molar-refractivity contribution is 7.99. The Morgan fingerprint density at radius 1 is 1.41 bits per heavy atom. The maximum absolute atomic E-state index is 12.8. The molecule has 1 aliphatic heterocycles. The molecule has 0 saturated carbocycles. The molecule has 0 radical (unpaired) electrons. The Morgan fingerprint density at radius 2 is 2.15 bits per heavy atom. The van der Waals surface area contributed by atoms with Gasteiger partial charge in [0.1, 0.15) is 5.69 Å². The Balaban J connectivity index is 1.64. The topological polar surface area (TPSA) is 87.5 Å². The molecule has 0 bridgehead atoms. The fraction of sp³-hybridized carbons (Fsp3) is 0.421. The molecule has 0 saturated heterocycles. The van der Waals surface area contributed by atoms with E-state index in [0.29, 0.717) is 18.8 Å². The number of aromatic nitrogens is 2. The maximum atomic E-state index is 12.8. The van der Waals surface area contributed by atoms with Crippen LogP contribution in [0.1, 0.15) is 33.5 Å². The molecule has 2 heterocycles. The molecule has 1 aromatic carbocycles. The molecule has 2 amide bonds. The highest BCUT2D eigenvalue weighted by Gasteiger charge is 2.26. The zero-order valence-corrected chi connectivity index (χ0v) is 16.3. The Hall–Kier alpha value is -2.32. The van der Waals surface area contributed by atoms with Crippen molar-refractivity contribution in [3.8, 4) is 0 Å². The van der Waals surface area contributed by atoms with Crippen LogP contribution in [-0.2, 0) is 6.54 Å². The van der Waals surface area contributed by atoms with E-state index in [2.05, 4.69) is 41.6 Å². The van der Waals surface area contributed by atoms with Crippen LogP contribution in [0.3, 0.4) is 0 Å². The molecule has 0 aliphatic carbocycles. The average molecular weight is 388 g/mol. The first kappa shape index (κ1) is 19.4. The van der Waals surface area contributed by atoms with E-state index in [4.69, 9.17) is 0 Å². The lowest BCUT2D eigenvalue weighted by Crippen LogP contribution is -2.33. The maximum Gasteiger partial charge on any atom is 0.274 e. The molecule has 1 atom stereocenters. The lowest BCUT2D eigenvalue weighted by atomic mass is 10.2. The van der Waals surface area contributed by atoms with Gasteiger partial charge in [-0.1, -0.05) is 17.7 Å². The van der Waals surface area contributed by atoms with Gasteiger partial charge < -0.3 is 15.3 Å². The van der Waals surface area contributed by atoms with Gasteiger partial charge in [-0.05, 0) is 26.0 Å². The number of fused-ring (bicyclic) bond motifs is 1. The molecule has 1 aromatic heterocycles. The van der Waals surface area contributed by atoms with E-state index >= 15 is 0 Å². The van der Waals surface area contributed by atoms with E-state index in [0.717, 1.165) is 5.75 Å². The normalized spacial score (nSPS) is 16.4. The van der Waals surface area contributed by atoms with E-state index in [-0.39, 0.29) is 30.6 Å². The van der Waals surface area contributed by atoms with Gasteiger partial charge in [0.15, 0.2) is 5.69 Å². The van der Waals surface area contributed by atoms with Gasteiger partial charge in [0.05, 0.1) is 12.6 Å². The fourth-order valence-electron chi connectivity index (χ4n) is 2.88. The summed E-state index contributed by atoms with van der Waals surface area (Å²) in [5.74, 6) is 0.246. The van der Waals surface area contributed by atoms with Crippen LogP contribution < -0.4 is 5.32 Å². The Bertz CT molecular complexity index is 819. The molecule has 2 N–H and O–H groups in total. The summed E-state index contributed by atoms with van der Waals surface area (Å²) in [4.78, 5) is 27.8. The van der Waals surface area contributed by atoms with Gasteiger partial charge in [-0.15, -0.1) is 11.8 Å². The number of hydrogen-bond donors (Lipinski definition) is 2. The molecule has 0 spiro atoms. The number of hydrogen-bond acceptors (Lipinski definition) is 5. The molecule has 2 aromatic rings. The molecular formula is C19H24N4O3S. The van der Waals surface area contributed by atoms with Crippen molar-refractivity contribution < 1.29 is 14.7 Å². The number of benzene rings is 1. The monoisotopic (exact) mass is 388 g/mol. The lowest BCUT2D eigenvalue weighted by Gasteiger charge is -2.19. The summed E-state index contributed by atoms with van der Waals surface area (Å²) in [7, 11) is 0. The van der Waals surface area contributed by atoms with E-state index in [1.54, 1.807) is 16.7 Å². The number of aliphatic hydroxyl groups is 1. The van der Waals surface area contributed by atoms with Gasteiger partial charge in [0, 0.05) is 36.3 Å². The molecular weight excluding hydrogens is 364 g/mol. The summed E-state index contributed by atoms with van der Waals surface area (Å²) in [6, 6.07) is 9.81. The molecule has 27 heavy (non-hydrogen) atoms. The highest BCUT2D eigenvalue weighted by Crippen LogP contribution is 2.19. The molecule has 1 aliphatic rings. The van der Waals surface area contributed by atoms with Crippen LogP contribution in [0.25, 0.3) is 0 Å². The van der Waals surface area contributed by atoms with Crippen LogP contribution in [-0.4, -0.2) is 63.1 Å². The predicted molar refractivity (Wildman–Crippen MR) is 104 cm³/mol. The van der Waals surface area contributed by atoms with Gasteiger partial charge in [0.2, 0.25) is 0 Å². The van der Waals surface area contributed by atoms with Crippen molar-refractivity contribution in [1.82, 2.24) is 20.0 Å². The quantitative estimate of drug-likeness (QED) is 0.733. The standard InChI is InChI=1S/C19H24N4O3S/c1-3-22(8-9-27-15-6-4-13(2)5-7-15)19(26)16-10-17-18(25)20-11-14(24)12-23(17)21-16/h4-7,10,14,24H,3,8-9,11-12H2,1-2H3,(H,20,25). The van der Waals surface area contributed by atoms with Crippen LogP contribution in [0.5, 0.6) is 0 Å². The van der Waals surface area contributed by atoms with Gasteiger partial charge >= 0.3 is 0 Å². The second kappa shape index (κ2) is 8.58. The third-order valence-electron chi connectivity index (χ3n) is 4.43. The number of nitrogens with zero attached hydrogens (tertiary/aromatic N) is 3. The number of β-amino-alcohol motifs (C(OH)–C–C–N with tert-alkyl or cyclic N) is 1. The molecule has 144 valence electrons. The number of amides is 2. The van der Waals surface area contributed by atoms with Gasteiger partial charge in [-0.25, -0.2) is 0 Å². The van der Waals surface area contributed by atoms with Crippen molar-refractivity contribution in [3.05, 3.63) is 47.3 Å². The summed E-state index contributed by atoms with van der Waals surface area (Å²) in [5.41, 5.74) is 1.76.